The van der Waals surface area contributed by atoms with Crippen molar-refractivity contribution in [2.24, 2.45) is 0 Å². The first-order chi connectivity index (χ1) is 12.3. The first-order valence-corrected chi connectivity index (χ1v) is 8.86. The van der Waals surface area contributed by atoms with Gasteiger partial charge in [0.1, 0.15) is 12.1 Å². The standard InChI is InChI=1S/C19H23N3O4/c1-13(23)14-6-8-15(9-7-14)20-16(24)12-22-17(25)19(21(2)18(22)26)10-4-3-5-11-19/h6-9H,3-5,10-12H2,1-2H3,(H,20,24). The molecule has 2 fully saturated rings. The van der Waals surface area contributed by atoms with Crippen LogP contribution >= 0.6 is 0 Å². The third-order valence-electron chi connectivity index (χ3n) is 5.36. The fourth-order valence-electron chi connectivity index (χ4n) is 3.80. The molecule has 1 aliphatic carbocycles. The molecule has 7 heteroatoms. The first kappa shape index (κ1) is 18.1. The number of likely N-dealkylation sites (N-methyl/N-ethyl adjacent to an activating group) is 1. The molecule has 1 heterocycles. The maximum atomic E-state index is 12.9. The van der Waals surface area contributed by atoms with Gasteiger partial charge in [-0.1, -0.05) is 19.3 Å². The van der Waals surface area contributed by atoms with Gasteiger partial charge in [0, 0.05) is 18.3 Å². The predicted octanol–water partition coefficient (Wildman–Crippen LogP) is 2.42. The molecule has 1 N–H and O–H groups in total. The van der Waals surface area contributed by atoms with Gasteiger partial charge in [0.2, 0.25) is 5.91 Å². The molecule has 3 rings (SSSR count). The number of rotatable bonds is 4. The van der Waals surface area contributed by atoms with Gasteiger partial charge in [0.05, 0.1) is 0 Å². The monoisotopic (exact) mass is 357 g/mol. The van der Waals surface area contributed by atoms with Crippen LogP contribution in [0.3, 0.4) is 0 Å². The first-order valence-electron chi connectivity index (χ1n) is 8.86. The van der Waals surface area contributed by atoms with Crippen LogP contribution in [0.25, 0.3) is 0 Å². The number of nitrogens with zero attached hydrogens (tertiary/aromatic N) is 2. The molecule has 0 unspecified atom stereocenters. The smallest absolute Gasteiger partial charge is 0.325 e. The molecule has 1 aromatic rings. The molecule has 26 heavy (non-hydrogen) atoms. The Kier molecular flexibility index (Phi) is 4.80. The number of Topliss-reactive ketones (excluding diaryl/α,β-unsaturated/α-hetero) is 1. The number of imide groups is 1. The Hall–Kier alpha value is -2.70. The van der Waals surface area contributed by atoms with Crippen LogP contribution in [0.15, 0.2) is 24.3 Å². The predicted molar refractivity (Wildman–Crippen MR) is 95.8 cm³/mol. The fourth-order valence-corrected chi connectivity index (χ4v) is 3.80. The molecule has 0 aromatic heterocycles. The number of ketones is 1. The zero-order chi connectivity index (χ0) is 18.9. The lowest BCUT2D eigenvalue weighted by molar-refractivity contribution is -0.136. The van der Waals surface area contributed by atoms with Crippen molar-refractivity contribution in [3.8, 4) is 0 Å². The second kappa shape index (κ2) is 6.90. The van der Waals surface area contributed by atoms with Gasteiger partial charge in [-0.25, -0.2) is 4.79 Å². The molecule has 138 valence electrons. The summed E-state index contributed by atoms with van der Waals surface area (Å²) in [5, 5.41) is 2.67. The van der Waals surface area contributed by atoms with Crippen molar-refractivity contribution >= 4 is 29.3 Å². The highest BCUT2D eigenvalue weighted by molar-refractivity contribution is 6.10. The van der Waals surface area contributed by atoms with Gasteiger partial charge in [-0.05, 0) is 44.0 Å². The van der Waals surface area contributed by atoms with Crippen molar-refractivity contribution in [3.63, 3.8) is 0 Å². The highest BCUT2D eigenvalue weighted by Crippen LogP contribution is 2.39. The van der Waals surface area contributed by atoms with Gasteiger partial charge in [0.15, 0.2) is 5.78 Å². The maximum Gasteiger partial charge on any atom is 0.327 e. The molecule has 1 spiro atoms. The highest BCUT2D eigenvalue weighted by Gasteiger charge is 2.55. The van der Waals surface area contributed by atoms with Gasteiger partial charge in [-0.15, -0.1) is 0 Å². The van der Waals surface area contributed by atoms with Crippen LogP contribution in [-0.2, 0) is 9.59 Å². The Bertz CT molecular complexity index is 751. The molecule has 1 saturated carbocycles. The van der Waals surface area contributed by atoms with E-state index in [4.69, 9.17) is 0 Å². The summed E-state index contributed by atoms with van der Waals surface area (Å²) in [6.45, 7) is 1.16. The second-order valence-corrected chi connectivity index (χ2v) is 7.01. The summed E-state index contributed by atoms with van der Waals surface area (Å²) < 4.78 is 0. The third kappa shape index (κ3) is 3.09. The Morgan fingerprint density at radius 2 is 1.69 bits per heavy atom. The number of nitrogens with one attached hydrogen (secondary N) is 1. The third-order valence-corrected chi connectivity index (χ3v) is 5.36. The topological polar surface area (TPSA) is 86.8 Å². The van der Waals surface area contributed by atoms with E-state index in [9.17, 15) is 19.2 Å². The number of carbonyl (C=O) groups is 4. The summed E-state index contributed by atoms with van der Waals surface area (Å²) in [6.07, 6.45) is 4.18. The Morgan fingerprint density at radius 3 is 2.27 bits per heavy atom. The van der Waals surface area contributed by atoms with Crippen LogP contribution in [0.2, 0.25) is 0 Å². The van der Waals surface area contributed by atoms with E-state index in [0.717, 1.165) is 24.2 Å². The molecular formula is C19H23N3O4. The van der Waals surface area contributed by atoms with Crippen molar-refractivity contribution in [2.75, 3.05) is 18.9 Å². The van der Waals surface area contributed by atoms with Crippen LogP contribution < -0.4 is 5.32 Å². The van der Waals surface area contributed by atoms with Gasteiger partial charge < -0.3 is 10.2 Å². The summed E-state index contributed by atoms with van der Waals surface area (Å²) in [4.78, 5) is 51.5. The fraction of sp³-hybridized carbons (Fsp3) is 0.474. The average molecular weight is 357 g/mol. The highest BCUT2D eigenvalue weighted by atomic mass is 16.2. The van der Waals surface area contributed by atoms with Crippen LogP contribution in [0.1, 0.15) is 49.4 Å². The molecule has 1 saturated heterocycles. The van der Waals surface area contributed by atoms with Crippen molar-refractivity contribution in [1.82, 2.24) is 9.80 Å². The van der Waals surface area contributed by atoms with Gasteiger partial charge in [0.25, 0.3) is 5.91 Å². The maximum absolute atomic E-state index is 12.9. The lowest BCUT2D eigenvalue weighted by Gasteiger charge is -2.35. The minimum absolute atomic E-state index is 0.0584. The Labute approximate surface area is 152 Å². The number of urea groups is 1. The number of benzene rings is 1. The molecule has 0 atom stereocenters. The number of amides is 4. The van der Waals surface area contributed by atoms with E-state index in [1.807, 2.05) is 0 Å². The van der Waals surface area contributed by atoms with Crippen LogP contribution in [0, 0.1) is 0 Å². The SMILES string of the molecule is CC(=O)c1ccc(NC(=O)CN2C(=O)N(C)C3(CCCCC3)C2=O)cc1. The lowest BCUT2D eigenvalue weighted by atomic mass is 9.81. The summed E-state index contributed by atoms with van der Waals surface area (Å²) in [6, 6.07) is 6.07. The number of anilines is 1. The molecular weight excluding hydrogens is 334 g/mol. The minimum atomic E-state index is -0.779. The molecule has 4 amide bonds. The molecule has 1 aromatic carbocycles. The number of hydrogen-bond acceptors (Lipinski definition) is 4. The zero-order valence-electron chi connectivity index (χ0n) is 15.1. The van der Waals surface area contributed by atoms with E-state index in [1.165, 1.54) is 11.8 Å². The number of carbonyl (C=O) groups excluding carboxylic acids is 4. The molecule has 2 aliphatic rings. The zero-order valence-corrected chi connectivity index (χ0v) is 15.1. The summed E-state index contributed by atoms with van der Waals surface area (Å²) in [7, 11) is 1.64. The van der Waals surface area contributed by atoms with Crippen molar-refractivity contribution in [1.29, 1.82) is 0 Å². The van der Waals surface area contributed by atoms with E-state index in [0.29, 0.717) is 24.1 Å². The summed E-state index contributed by atoms with van der Waals surface area (Å²) in [5.74, 6) is -0.771. The van der Waals surface area contributed by atoms with Gasteiger partial charge >= 0.3 is 6.03 Å². The van der Waals surface area contributed by atoms with E-state index in [-0.39, 0.29) is 18.2 Å². The molecule has 0 radical (unpaired) electrons. The summed E-state index contributed by atoms with van der Waals surface area (Å²) >= 11 is 0. The average Bonchev–Trinajstić information content (AvgIpc) is 2.79. The lowest BCUT2D eigenvalue weighted by Crippen LogP contribution is -2.49. The molecule has 7 nitrogen and oxygen atoms in total. The quantitative estimate of drug-likeness (QED) is 0.662. The van der Waals surface area contributed by atoms with Crippen LogP contribution in [-0.4, -0.2) is 52.6 Å². The van der Waals surface area contributed by atoms with Crippen molar-refractivity contribution in [2.45, 2.75) is 44.6 Å². The normalized spacial score (nSPS) is 19.2. The van der Waals surface area contributed by atoms with Crippen LogP contribution in [0.4, 0.5) is 10.5 Å². The molecule has 1 aliphatic heterocycles. The Morgan fingerprint density at radius 1 is 1.08 bits per heavy atom. The van der Waals surface area contributed by atoms with Crippen molar-refractivity contribution < 1.29 is 19.2 Å². The second-order valence-electron chi connectivity index (χ2n) is 7.01. The van der Waals surface area contributed by atoms with Crippen LogP contribution in [0.5, 0.6) is 0 Å². The summed E-state index contributed by atoms with van der Waals surface area (Å²) in [5.41, 5.74) is 0.284. The minimum Gasteiger partial charge on any atom is -0.325 e. The Balaban J connectivity index is 1.68. The van der Waals surface area contributed by atoms with E-state index in [1.54, 1.807) is 31.3 Å². The van der Waals surface area contributed by atoms with Crippen molar-refractivity contribution in [3.05, 3.63) is 29.8 Å². The van der Waals surface area contributed by atoms with Gasteiger partial charge in [-0.3, -0.25) is 19.3 Å². The van der Waals surface area contributed by atoms with E-state index in [2.05, 4.69) is 5.32 Å². The van der Waals surface area contributed by atoms with E-state index < -0.39 is 17.5 Å². The largest absolute Gasteiger partial charge is 0.327 e. The van der Waals surface area contributed by atoms with Gasteiger partial charge in [-0.2, -0.15) is 0 Å². The number of hydrogen-bond donors (Lipinski definition) is 1. The molecule has 0 bridgehead atoms. The van der Waals surface area contributed by atoms with E-state index >= 15 is 0 Å².